The summed E-state index contributed by atoms with van der Waals surface area (Å²) >= 11 is 6.44. The van der Waals surface area contributed by atoms with Gasteiger partial charge in [-0.25, -0.2) is 14.6 Å². The van der Waals surface area contributed by atoms with Crippen molar-refractivity contribution in [3.8, 4) is 11.3 Å². The number of carbonyl (C=O) groups excluding carboxylic acids is 3. The number of methoxy groups -OCH3 is 1. The Morgan fingerprint density at radius 1 is 1.28 bits per heavy atom. The van der Waals surface area contributed by atoms with Gasteiger partial charge in [0, 0.05) is 29.2 Å². The molecule has 0 saturated carbocycles. The molecule has 2 bridgehead atoms. The first-order chi connectivity index (χ1) is 20.7. The van der Waals surface area contributed by atoms with Crippen molar-refractivity contribution < 1.29 is 19.1 Å². The van der Waals surface area contributed by atoms with Crippen LogP contribution in [0.5, 0.6) is 0 Å². The summed E-state index contributed by atoms with van der Waals surface area (Å²) in [5.41, 5.74) is 4.57. The second-order valence-electron chi connectivity index (χ2n) is 10.5. The van der Waals surface area contributed by atoms with Gasteiger partial charge in [0.05, 0.1) is 36.8 Å². The van der Waals surface area contributed by atoms with Crippen LogP contribution >= 0.6 is 11.6 Å². The molecule has 11 heteroatoms. The number of urea groups is 1. The molecule has 2 aliphatic heterocycles. The lowest BCUT2D eigenvalue weighted by atomic mass is 9.94. The number of amides is 4. The summed E-state index contributed by atoms with van der Waals surface area (Å²) in [5, 5.41) is 9.41. The van der Waals surface area contributed by atoms with Crippen molar-refractivity contribution in [1.29, 1.82) is 0 Å². The molecule has 1 aromatic carbocycles. The maximum Gasteiger partial charge on any atom is 0.411 e. The first kappa shape index (κ1) is 31.6. The number of carbonyl (C=O) groups is 3. The number of H-pyrrole nitrogens is 1. The zero-order chi connectivity index (χ0) is 30.9. The van der Waals surface area contributed by atoms with Crippen LogP contribution in [0.25, 0.3) is 11.3 Å². The standard InChI is InChI=1S/C32H39ClN6O4/c1-5-10-21(33)17-24(20(3)6-2)25-15-16-39(31(41)38-25)28-11-8-7-9-12-29(40)36-26-18-22(35-32(42)43-4)13-14-23(26)27-19-34-30(28)37-27/h5,7-8,10,13-14,17-19,25,28H,6,9,11-12,15-16H2,1-4H3,(H,34,37)(H,35,42)(H,36,40)(H,38,41)/b8-7+,10-5-,21-17+,24-20+. The molecule has 1 aromatic heterocycles. The first-order valence-electron chi connectivity index (χ1n) is 14.5. The molecule has 4 amide bonds. The second kappa shape index (κ2) is 14.7. The minimum absolute atomic E-state index is 0.156. The van der Waals surface area contributed by atoms with Crippen molar-refractivity contribution in [2.75, 3.05) is 24.3 Å². The number of allylic oxidation sites excluding steroid dienone is 5. The molecule has 10 nitrogen and oxygen atoms in total. The van der Waals surface area contributed by atoms with E-state index in [0.717, 1.165) is 12.0 Å². The number of rotatable bonds is 6. The molecule has 2 aromatic rings. The van der Waals surface area contributed by atoms with Crippen LogP contribution in [-0.2, 0) is 9.53 Å². The van der Waals surface area contributed by atoms with Gasteiger partial charge in [-0.1, -0.05) is 42.3 Å². The molecule has 43 heavy (non-hydrogen) atoms. The Balaban J connectivity index is 1.64. The van der Waals surface area contributed by atoms with Crippen molar-refractivity contribution >= 4 is 41.0 Å². The van der Waals surface area contributed by atoms with Gasteiger partial charge in [-0.2, -0.15) is 0 Å². The number of imidazole rings is 1. The average molecular weight is 607 g/mol. The number of benzene rings is 1. The maximum absolute atomic E-state index is 13.6. The number of hydrogen-bond donors (Lipinski definition) is 4. The van der Waals surface area contributed by atoms with Crippen molar-refractivity contribution in [2.24, 2.45) is 0 Å². The average Bonchev–Trinajstić information content (AvgIpc) is 3.47. The van der Waals surface area contributed by atoms with Crippen LogP contribution in [0, 0.1) is 0 Å². The Morgan fingerprint density at radius 2 is 2.09 bits per heavy atom. The topological polar surface area (TPSA) is 128 Å². The summed E-state index contributed by atoms with van der Waals surface area (Å²) < 4.78 is 4.70. The third-order valence-corrected chi connectivity index (χ3v) is 7.84. The monoisotopic (exact) mass is 606 g/mol. The number of halogens is 1. The molecule has 4 rings (SSSR count). The van der Waals surface area contributed by atoms with E-state index in [2.05, 4.69) is 39.8 Å². The van der Waals surface area contributed by atoms with E-state index < -0.39 is 6.09 Å². The molecule has 1 fully saturated rings. The highest BCUT2D eigenvalue weighted by molar-refractivity contribution is 6.31. The molecular weight excluding hydrogens is 568 g/mol. The van der Waals surface area contributed by atoms with Crippen LogP contribution in [-0.4, -0.2) is 52.6 Å². The van der Waals surface area contributed by atoms with E-state index >= 15 is 0 Å². The fraction of sp³-hybridized carbons (Fsp3) is 0.375. The minimum atomic E-state index is -0.612. The maximum atomic E-state index is 13.6. The smallest absolute Gasteiger partial charge is 0.411 e. The highest BCUT2D eigenvalue weighted by atomic mass is 35.5. The predicted molar refractivity (Wildman–Crippen MR) is 170 cm³/mol. The van der Waals surface area contributed by atoms with Gasteiger partial charge < -0.3 is 25.3 Å². The lowest BCUT2D eigenvalue weighted by Crippen LogP contribution is -2.53. The number of anilines is 2. The summed E-state index contributed by atoms with van der Waals surface area (Å²) in [6, 6.07) is 4.51. The summed E-state index contributed by atoms with van der Waals surface area (Å²) in [4.78, 5) is 48.0. The largest absolute Gasteiger partial charge is 0.453 e. The normalized spacial score (nSPS) is 21.0. The minimum Gasteiger partial charge on any atom is -0.453 e. The van der Waals surface area contributed by atoms with Crippen LogP contribution in [0.3, 0.4) is 0 Å². The molecule has 4 N–H and O–H groups in total. The number of nitrogens with one attached hydrogen (secondary N) is 4. The van der Waals surface area contributed by atoms with E-state index in [0.29, 0.717) is 59.3 Å². The molecule has 3 heterocycles. The van der Waals surface area contributed by atoms with E-state index in [4.69, 9.17) is 16.3 Å². The SMILES string of the molecule is C\C=C/C(Cl)=C\C(=C(\C)CC)C1CCN(C2C/C=C/CCC(=O)Nc3cc(NC(=O)OC)ccc3-c3cnc2[nH]3)C(=O)N1. The summed E-state index contributed by atoms with van der Waals surface area (Å²) in [7, 11) is 1.28. The number of aromatic amines is 1. The Bertz CT molecular complexity index is 1470. The lowest BCUT2D eigenvalue weighted by molar-refractivity contribution is -0.116. The molecule has 1 saturated heterocycles. The zero-order valence-electron chi connectivity index (χ0n) is 25.0. The van der Waals surface area contributed by atoms with Gasteiger partial charge in [0.15, 0.2) is 0 Å². The number of hydrogen-bond acceptors (Lipinski definition) is 5. The lowest BCUT2D eigenvalue weighted by Gasteiger charge is -2.38. The van der Waals surface area contributed by atoms with Crippen molar-refractivity contribution in [3.05, 3.63) is 76.8 Å². The molecule has 0 spiro atoms. The van der Waals surface area contributed by atoms with Crippen LogP contribution in [0.2, 0.25) is 0 Å². The third kappa shape index (κ3) is 7.95. The first-order valence-corrected chi connectivity index (χ1v) is 14.9. The van der Waals surface area contributed by atoms with Crippen molar-refractivity contribution in [2.45, 2.75) is 65.0 Å². The van der Waals surface area contributed by atoms with Gasteiger partial charge in [-0.15, -0.1) is 0 Å². The van der Waals surface area contributed by atoms with Gasteiger partial charge >= 0.3 is 12.1 Å². The van der Waals surface area contributed by atoms with Crippen LogP contribution in [0.15, 0.2) is 71.0 Å². The van der Waals surface area contributed by atoms with Gasteiger partial charge in [0.1, 0.15) is 5.82 Å². The number of nitrogens with zero attached hydrogens (tertiary/aromatic N) is 2. The molecule has 2 unspecified atom stereocenters. The summed E-state index contributed by atoms with van der Waals surface area (Å²) in [5.74, 6) is 0.478. The molecular formula is C32H39ClN6O4. The second-order valence-corrected chi connectivity index (χ2v) is 10.9. The number of ether oxygens (including phenoxy) is 1. The molecule has 2 atom stereocenters. The van der Waals surface area contributed by atoms with Crippen LogP contribution in [0.4, 0.5) is 21.0 Å². The van der Waals surface area contributed by atoms with E-state index in [-0.39, 0.29) is 30.4 Å². The Labute approximate surface area is 257 Å². The van der Waals surface area contributed by atoms with Crippen molar-refractivity contribution in [3.63, 3.8) is 0 Å². The zero-order valence-corrected chi connectivity index (χ0v) is 25.8. The van der Waals surface area contributed by atoms with Crippen LogP contribution < -0.4 is 16.0 Å². The molecule has 0 aliphatic carbocycles. The van der Waals surface area contributed by atoms with Crippen molar-refractivity contribution in [1.82, 2.24) is 20.2 Å². The van der Waals surface area contributed by atoms with Gasteiger partial charge in [0.2, 0.25) is 5.91 Å². The fourth-order valence-corrected chi connectivity index (χ4v) is 5.46. The van der Waals surface area contributed by atoms with E-state index in [1.807, 2.05) is 42.2 Å². The number of fused-ring (bicyclic) bond motifs is 4. The highest BCUT2D eigenvalue weighted by Gasteiger charge is 2.33. The Hall–Kier alpha value is -4.31. The fourth-order valence-electron chi connectivity index (χ4n) is 5.21. The number of aromatic nitrogens is 2. The summed E-state index contributed by atoms with van der Waals surface area (Å²) in [6.45, 7) is 6.61. The predicted octanol–water partition coefficient (Wildman–Crippen LogP) is 7.18. The van der Waals surface area contributed by atoms with E-state index in [9.17, 15) is 14.4 Å². The molecule has 2 aliphatic rings. The quantitative estimate of drug-likeness (QED) is 0.204. The summed E-state index contributed by atoms with van der Waals surface area (Å²) in [6.07, 6.45) is 13.6. The van der Waals surface area contributed by atoms with E-state index in [1.54, 1.807) is 24.4 Å². The van der Waals surface area contributed by atoms with E-state index in [1.165, 1.54) is 12.7 Å². The van der Waals surface area contributed by atoms with Gasteiger partial charge in [0.25, 0.3) is 0 Å². The third-order valence-electron chi connectivity index (χ3n) is 7.60. The Morgan fingerprint density at radius 3 is 2.81 bits per heavy atom. The van der Waals surface area contributed by atoms with Crippen LogP contribution in [0.1, 0.15) is 64.7 Å². The molecule has 228 valence electrons. The Kier molecular flexibility index (Phi) is 10.8. The highest BCUT2D eigenvalue weighted by Crippen LogP contribution is 2.34. The van der Waals surface area contributed by atoms with Gasteiger partial charge in [-0.05, 0) is 75.5 Å². The molecule has 0 radical (unpaired) electrons. The van der Waals surface area contributed by atoms with Gasteiger partial charge in [-0.3, -0.25) is 10.1 Å².